The van der Waals surface area contributed by atoms with Gasteiger partial charge < -0.3 is 15.5 Å². The molecule has 19 heavy (non-hydrogen) atoms. The summed E-state index contributed by atoms with van der Waals surface area (Å²) in [7, 11) is 0. The van der Waals surface area contributed by atoms with E-state index in [1.54, 1.807) is 0 Å². The van der Waals surface area contributed by atoms with Crippen molar-refractivity contribution in [2.45, 2.75) is 25.8 Å². The highest BCUT2D eigenvalue weighted by atomic mass is 35.5. The predicted molar refractivity (Wildman–Crippen MR) is 85.9 cm³/mol. The van der Waals surface area contributed by atoms with E-state index in [1.165, 1.54) is 0 Å². The number of para-hydroxylation sites is 1. The highest BCUT2D eigenvalue weighted by Crippen LogP contribution is 2.20. The number of nitrogens with one attached hydrogen (secondary N) is 2. The fourth-order valence-corrected chi connectivity index (χ4v) is 2.76. The second kappa shape index (κ2) is 7.08. The zero-order chi connectivity index (χ0) is 13.7. The molecule has 2 rings (SSSR count). The van der Waals surface area contributed by atoms with E-state index in [0.29, 0.717) is 16.2 Å². The number of hydrogen-bond acceptors (Lipinski definition) is 2. The third-order valence-electron chi connectivity index (χ3n) is 3.49. The summed E-state index contributed by atoms with van der Waals surface area (Å²) in [4.78, 5) is 2.46. The molecule has 0 amide bonds. The second-order valence-corrected chi connectivity index (χ2v) is 5.60. The molecule has 2 N–H and O–H groups in total. The molecule has 0 aliphatic carbocycles. The topological polar surface area (TPSA) is 27.3 Å². The highest BCUT2D eigenvalue weighted by Gasteiger charge is 2.18. The number of benzene rings is 1. The van der Waals surface area contributed by atoms with Crippen LogP contribution < -0.4 is 10.6 Å². The Morgan fingerprint density at radius 1 is 1.37 bits per heavy atom. The van der Waals surface area contributed by atoms with Gasteiger partial charge in [-0.05, 0) is 43.7 Å². The Kier molecular flexibility index (Phi) is 5.43. The summed E-state index contributed by atoms with van der Waals surface area (Å²) >= 11 is 11.4. The molecule has 1 heterocycles. The monoisotopic (exact) mass is 297 g/mol. The molecule has 0 radical (unpaired) electrons. The summed E-state index contributed by atoms with van der Waals surface area (Å²) < 4.78 is 0. The lowest BCUT2D eigenvalue weighted by Crippen LogP contribution is -2.45. The zero-order valence-electron chi connectivity index (χ0n) is 11.2. The van der Waals surface area contributed by atoms with Crippen molar-refractivity contribution in [3.05, 3.63) is 29.3 Å². The SMILES string of the molecule is CCN1CCC(NC(=S)Nc2ccccc2Cl)CC1. The first-order valence-electron chi connectivity index (χ1n) is 6.73. The molecule has 3 nitrogen and oxygen atoms in total. The van der Waals surface area contributed by atoms with Gasteiger partial charge in [0.15, 0.2) is 5.11 Å². The minimum Gasteiger partial charge on any atom is -0.360 e. The van der Waals surface area contributed by atoms with Crippen molar-refractivity contribution in [3.63, 3.8) is 0 Å². The van der Waals surface area contributed by atoms with Gasteiger partial charge in [0.05, 0.1) is 10.7 Å². The summed E-state index contributed by atoms with van der Waals surface area (Å²) in [5.41, 5.74) is 0.854. The van der Waals surface area contributed by atoms with Crippen molar-refractivity contribution in [1.29, 1.82) is 0 Å². The largest absolute Gasteiger partial charge is 0.360 e. The standard InChI is InChI=1S/C14H20ClN3S/c1-2-18-9-7-11(8-10-18)16-14(19)17-13-6-4-3-5-12(13)15/h3-6,11H,2,7-10H2,1H3,(H2,16,17,19). The van der Waals surface area contributed by atoms with Gasteiger partial charge in [-0.25, -0.2) is 0 Å². The molecule has 0 spiro atoms. The van der Waals surface area contributed by atoms with Crippen LogP contribution in [-0.4, -0.2) is 35.7 Å². The Morgan fingerprint density at radius 2 is 2.05 bits per heavy atom. The van der Waals surface area contributed by atoms with Crippen LogP contribution in [-0.2, 0) is 0 Å². The minimum absolute atomic E-state index is 0.463. The normalized spacial score (nSPS) is 17.2. The van der Waals surface area contributed by atoms with Crippen LogP contribution in [0.1, 0.15) is 19.8 Å². The first kappa shape index (κ1) is 14.6. The van der Waals surface area contributed by atoms with Gasteiger partial charge in [-0.15, -0.1) is 0 Å². The fourth-order valence-electron chi connectivity index (χ4n) is 2.30. The quantitative estimate of drug-likeness (QED) is 0.839. The molecule has 0 bridgehead atoms. The number of nitrogens with zero attached hydrogens (tertiary/aromatic N) is 1. The van der Waals surface area contributed by atoms with E-state index in [1.807, 2.05) is 24.3 Å². The summed E-state index contributed by atoms with van der Waals surface area (Å²) in [5, 5.41) is 7.87. The predicted octanol–water partition coefficient (Wildman–Crippen LogP) is 3.11. The smallest absolute Gasteiger partial charge is 0.171 e. The third kappa shape index (κ3) is 4.34. The Labute approximate surface area is 125 Å². The number of piperidine rings is 1. The lowest BCUT2D eigenvalue weighted by Gasteiger charge is -2.32. The number of likely N-dealkylation sites (tertiary alicyclic amines) is 1. The van der Waals surface area contributed by atoms with Crippen molar-refractivity contribution < 1.29 is 0 Å². The highest BCUT2D eigenvalue weighted by molar-refractivity contribution is 7.80. The molecule has 1 aliphatic rings. The maximum atomic E-state index is 6.09. The zero-order valence-corrected chi connectivity index (χ0v) is 12.7. The van der Waals surface area contributed by atoms with Gasteiger partial charge in [0, 0.05) is 19.1 Å². The van der Waals surface area contributed by atoms with Crippen molar-refractivity contribution in [3.8, 4) is 0 Å². The van der Waals surface area contributed by atoms with Crippen LogP contribution in [0.3, 0.4) is 0 Å². The average Bonchev–Trinajstić information content (AvgIpc) is 2.42. The van der Waals surface area contributed by atoms with E-state index >= 15 is 0 Å². The van der Waals surface area contributed by atoms with E-state index in [9.17, 15) is 0 Å². The van der Waals surface area contributed by atoms with Crippen LogP contribution >= 0.6 is 23.8 Å². The van der Waals surface area contributed by atoms with Crippen LogP contribution in [0, 0.1) is 0 Å². The van der Waals surface area contributed by atoms with Gasteiger partial charge in [0.25, 0.3) is 0 Å². The molecule has 1 aliphatic heterocycles. The fraction of sp³-hybridized carbons (Fsp3) is 0.500. The van der Waals surface area contributed by atoms with Crippen LogP contribution in [0.5, 0.6) is 0 Å². The molecule has 1 aromatic rings. The van der Waals surface area contributed by atoms with Gasteiger partial charge in [-0.3, -0.25) is 0 Å². The van der Waals surface area contributed by atoms with Gasteiger partial charge in [0.1, 0.15) is 0 Å². The van der Waals surface area contributed by atoms with Gasteiger partial charge in [-0.1, -0.05) is 30.7 Å². The number of halogens is 1. The summed E-state index contributed by atoms with van der Waals surface area (Å²) in [6, 6.07) is 8.09. The number of rotatable bonds is 3. The average molecular weight is 298 g/mol. The van der Waals surface area contributed by atoms with E-state index in [0.717, 1.165) is 38.2 Å². The van der Waals surface area contributed by atoms with Crippen molar-refractivity contribution in [2.75, 3.05) is 25.0 Å². The van der Waals surface area contributed by atoms with E-state index in [4.69, 9.17) is 23.8 Å². The molecule has 0 atom stereocenters. The van der Waals surface area contributed by atoms with Crippen molar-refractivity contribution in [1.82, 2.24) is 10.2 Å². The van der Waals surface area contributed by atoms with Crippen LogP contribution in [0.15, 0.2) is 24.3 Å². The Hall–Kier alpha value is -0.840. The van der Waals surface area contributed by atoms with Crippen molar-refractivity contribution in [2.24, 2.45) is 0 Å². The molecule has 1 fully saturated rings. The molecule has 5 heteroatoms. The Bertz CT molecular complexity index is 430. The maximum absolute atomic E-state index is 6.09. The van der Waals surface area contributed by atoms with E-state index < -0.39 is 0 Å². The molecule has 0 unspecified atom stereocenters. The summed E-state index contributed by atoms with van der Waals surface area (Å²) in [6.45, 7) is 5.62. The van der Waals surface area contributed by atoms with Gasteiger partial charge in [0.2, 0.25) is 0 Å². The number of anilines is 1. The minimum atomic E-state index is 0.463. The molecule has 1 aromatic carbocycles. The second-order valence-electron chi connectivity index (χ2n) is 4.79. The van der Waals surface area contributed by atoms with Crippen LogP contribution in [0.25, 0.3) is 0 Å². The van der Waals surface area contributed by atoms with Crippen LogP contribution in [0.4, 0.5) is 5.69 Å². The number of hydrogen-bond donors (Lipinski definition) is 2. The number of thiocarbonyl (C=S) groups is 1. The summed E-state index contributed by atoms with van der Waals surface area (Å²) in [6.07, 6.45) is 2.27. The van der Waals surface area contributed by atoms with Gasteiger partial charge >= 0.3 is 0 Å². The molecule has 0 saturated carbocycles. The maximum Gasteiger partial charge on any atom is 0.171 e. The molecular formula is C14H20ClN3S. The first-order chi connectivity index (χ1) is 9.19. The van der Waals surface area contributed by atoms with Gasteiger partial charge in [-0.2, -0.15) is 0 Å². The van der Waals surface area contributed by atoms with E-state index in [2.05, 4.69) is 22.5 Å². The first-order valence-corrected chi connectivity index (χ1v) is 7.52. The Balaban J connectivity index is 1.81. The lowest BCUT2D eigenvalue weighted by molar-refractivity contribution is 0.216. The Morgan fingerprint density at radius 3 is 2.68 bits per heavy atom. The lowest BCUT2D eigenvalue weighted by atomic mass is 10.1. The van der Waals surface area contributed by atoms with Crippen LogP contribution in [0.2, 0.25) is 5.02 Å². The molecular weight excluding hydrogens is 278 g/mol. The van der Waals surface area contributed by atoms with E-state index in [-0.39, 0.29) is 0 Å². The molecule has 0 aromatic heterocycles. The summed E-state index contributed by atoms with van der Waals surface area (Å²) in [5.74, 6) is 0. The van der Waals surface area contributed by atoms with Crippen molar-refractivity contribution >= 4 is 34.6 Å². The third-order valence-corrected chi connectivity index (χ3v) is 4.04. The molecule has 1 saturated heterocycles. The molecule has 104 valence electrons.